The van der Waals surface area contributed by atoms with E-state index in [2.05, 4.69) is 4.72 Å². The van der Waals surface area contributed by atoms with Gasteiger partial charge in [0.15, 0.2) is 0 Å². The first-order valence-electron chi connectivity index (χ1n) is 11.4. The molecule has 0 bridgehead atoms. The third-order valence-corrected chi connectivity index (χ3v) is 8.22. The summed E-state index contributed by atoms with van der Waals surface area (Å²) in [6.45, 7) is 1.90. The molecule has 0 saturated carbocycles. The summed E-state index contributed by atoms with van der Waals surface area (Å²) in [5, 5.41) is -0.174. The van der Waals surface area contributed by atoms with Crippen LogP contribution < -0.4 is 9.46 Å². The fraction of sp³-hybridized carbons (Fsp3) is 0.138. The number of hydrogen-bond acceptors (Lipinski definition) is 5. The number of thioether (sulfide) groups is 1. The summed E-state index contributed by atoms with van der Waals surface area (Å²) in [6.07, 6.45) is 0. The van der Waals surface area contributed by atoms with Crippen LogP contribution in [0.15, 0.2) is 119 Å². The molecule has 0 aliphatic rings. The maximum atomic E-state index is 13.8. The average Bonchev–Trinajstić information content (AvgIpc) is 2.90. The Bertz CT molecular complexity index is 1390. The van der Waals surface area contributed by atoms with Gasteiger partial charge in [-0.05, 0) is 54.4 Å². The van der Waals surface area contributed by atoms with Crippen molar-refractivity contribution < 1.29 is 17.9 Å². The normalized spacial score (nSPS) is 13.1. The van der Waals surface area contributed by atoms with Gasteiger partial charge in [-0.3, -0.25) is 4.79 Å². The lowest BCUT2D eigenvalue weighted by Crippen LogP contribution is -2.35. The molecule has 5 nitrogen and oxygen atoms in total. The van der Waals surface area contributed by atoms with Gasteiger partial charge in [-0.2, -0.15) is 0 Å². The quantitative estimate of drug-likeness (QED) is 0.271. The number of sulfonamides is 1. The summed E-state index contributed by atoms with van der Waals surface area (Å²) < 4.78 is 35.1. The Hall–Kier alpha value is -3.39. The molecule has 0 heterocycles. The van der Waals surface area contributed by atoms with Gasteiger partial charge in [-0.15, -0.1) is 0 Å². The number of hydrogen-bond donors (Lipinski definition) is 1. The molecule has 7 heteroatoms. The molecule has 0 aliphatic heterocycles. The van der Waals surface area contributed by atoms with E-state index in [4.69, 9.17) is 4.74 Å². The van der Waals surface area contributed by atoms with E-state index in [1.165, 1.54) is 0 Å². The van der Waals surface area contributed by atoms with Crippen LogP contribution >= 0.6 is 11.8 Å². The minimum absolute atomic E-state index is 0.144. The first-order valence-corrected chi connectivity index (χ1v) is 13.7. The maximum absolute atomic E-state index is 13.8. The van der Waals surface area contributed by atoms with E-state index in [-0.39, 0.29) is 10.0 Å². The molecule has 36 heavy (non-hydrogen) atoms. The van der Waals surface area contributed by atoms with Crippen LogP contribution in [0.3, 0.4) is 0 Å². The van der Waals surface area contributed by atoms with Gasteiger partial charge in [0.25, 0.3) is 0 Å². The van der Waals surface area contributed by atoms with Gasteiger partial charge >= 0.3 is 0 Å². The molecule has 0 aromatic heterocycles. The van der Waals surface area contributed by atoms with Crippen molar-refractivity contribution in [3.63, 3.8) is 0 Å². The number of aryl methyl sites for hydroxylation is 1. The summed E-state index contributed by atoms with van der Waals surface area (Å²) in [5.41, 5.74) is 2.33. The minimum atomic E-state index is -3.93. The highest BCUT2D eigenvalue weighted by atomic mass is 32.2. The third-order valence-electron chi connectivity index (χ3n) is 5.80. The zero-order valence-electron chi connectivity index (χ0n) is 20.0. The molecule has 0 saturated heterocycles. The average molecular weight is 518 g/mol. The predicted molar refractivity (Wildman–Crippen MR) is 144 cm³/mol. The lowest BCUT2D eigenvalue weighted by Gasteiger charge is -2.28. The summed E-state index contributed by atoms with van der Waals surface area (Å²) in [4.78, 5) is 14.8. The zero-order chi connectivity index (χ0) is 25.5. The van der Waals surface area contributed by atoms with Crippen molar-refractivity contribution in [3.05, 3.63) is 126 Å². The summed E-state index contributed by atoms with van der Waals surface area (Å²) in [6, 6.07) is 31.5. The number of methoxy groups -OCH3 is 1. The van der Waals surface area contributed by atoms with E-state index in [0.29, 0.717) is 16.9 Å². The van der Waals surface area contributed by atoms with Gasteiger partial charge in [0.05, 0.1) is 24.0 Å². The summed E-state index contributed by atoms with van der Waals surface area (Å²) >= 11 is 1.10. The van der Waals surface area contributed by atoms with Crippen LogP contribution in [0.5, 0.6) is 5.75 Å². The molecule has 0 fully saturated rings. The van der Waals surface area contributed by atoms with Crippen LogP contribution in [0.25, 0.3) is 0 Å². The number of benzene rings is 4. The number of rotatable bonds is 9. The van der Waals surface area contributed by atoms with Crippen molar-refractivity contribution in [3.8, 4) is 5.75 Å². The molecule has 4 rings (SSSR count). The van der Waals surface area contributed by atoms with Crippen molar-refractivity contribution in [2.45, 2.75) is 28.7 Å². The van der Waals surface area contributed by atoms with Crippen molar-refractivity contribution in [2.24, 2.45) is 0 Å². The van der Waals surface area contributed by atoms with Crippen LogP contribution in [0.4, 0.5) is 0 Å². The SMILES string of the molecule is COc1ccc([C@H](C(=O)Sc2ccccc2)[C@H](NS(=O)(=O)c2ccc(C)cc2)c2ccccc2)cc1. The van der Waals surface area contributed by atoms with Gasteiger partial charge in [-0.1, -0.05) is 90.1 Å². The van der Waals surface area contributed by atoms with E-state index < -0.39 is 22.0 Å². The molecule has 184 valence electrons. The van der Waals surface area contributed by atoms with Gasteiger partial charge in [0.1, 0.15) is 5.75 Å². The molecule has 0 unspecified atom stereocenters. The highest BCUT2D eigenvalue weighted by Gasteiger charge is 2.35. The number of nitrogens with one attached hydrogen (secondary N) is 1. The van der Waals surface area contributed by atoms with Gasteiger partial charge in [0.2, 0.25) is 15.1 Å². The van der Waals surface area contributed by atoms with E-state index in [1.807, 2.05) is 79.7 Å². The Balaban J connectivity index is 1.80. The Labute approximate surface area is 216 Å². The Morgan fingerprint density at radius 2 is 1.36 bits per heavy atom. The molecule has 0 radical (unpaired) electrons. The van der Waals surface area contributed by atoms with E-state index in [1.54, 1.807) is 43.5 Å². The minimum Gasteiger partial charge on any atom is -0.497 e. The number of carbonyl (C=O) groups is 1. The van der Waals surface area contributed by atoms with Crippen LogP contribution in [0.2, 0.25) is 0 Å². The summed E-state index contributed by atoms with van der Waals surface area (Å²) in [7, 11) is -2.36. The fourth-order valence-corrected chi connectivity index (χ4v) is 6.05. The monoisotopic (exact) mass is 517 g/mol. The van der Waals surface area contributed by atoms with Crippen molar-refractivity contribution >= 4 is 26.9 Å². The van der Waals surface area contributed by atoms with Crippen molar-refractivity contribution in [1.82, 2.24) is 4.72 Å². The van der Waals surface area contributed by atoms with Gasteiger partial charge in [0, 0.05) is 4.90 Å². The fourth-order valence-electron chi connectivity index (χ4n) is 3.89. The van der Waals surface area contributed by atoms with Crippen molar-refractivity contribution in [2.75, 3.05) is 7.11 Å². The van der Waals surface area contributed by atoms with Crippen molar-refractivity contribution in [1.29, 1.82) is 0 Å². The molecular formula is C29H27NO4S2. The molecule has 0 amide bonds. The zero-order valence-corrected chi connectivity index (χ0v) is 21.6. The van der Waals surface area contributed by atoms with Crippen LogP contribution in [0, 0.1) is 6.92 Å². The molecule has 0 spiro atoms. The number of ether oxygens (including phenoxy) is 1. The van der Waals surface area contributed by atoms with E-state index in [9.17, 15) is 13.2 Å². The van der Waals surface area contributed by atoms with E-state index in [0.717, 1.165) is 22.2 Å². The lowest BCUT2D eigenvalue weighted by atomic mass is 9.88. The highest BCUT2D eigenvalue weighted by Crippen LogP contribution is 2.38. The maximum Gasteiger partial charge on any atom is 0.241 e. The summed E-state index contributed by atoms with van der Waals surface area (Å²) in [5.74, 6) is -0.152. The second kappa shape index (κ2) is 11.6. The standard InChI is InChI=1S/C29H27NO4S2/c1-21-13-19-26(20-14-21)36(32,33)30-28(23-9-5-3-6-10-23)27(22-15-17-24(34-2)18-16-22)29(31)35-25-11-7-4-8-12-25/h3-20,27-28,30H,1-2H3/t27-,28+/m0/s1. The second-order valence-electron chi connectivity index (χ2n) is 8.31. The largest absolute Gasteiger partial charge is 0.497 e. The first kappa shape index (κ1) is 25.7. The number of carbonyl (C=O) groups excluding carboxylic acids is 1. The molecule has 4 aromatic rings. The smallest absolute Gasteiger partial charge is 0.241 e. The molecule has 1 N–H and O–H groups in total. The molecule has 4 aromatic carbocycles. The Kier molecular flexibility index (Phi) is 8.25. The molecule has 0 aliphatic carbocycles. The highest BCUT2D eigenvalue weighted by molar-refractivity contribution is 8.13. The van der Waals surface area contributed by atoms with Crippen LogP contribution in [-0.4, -0.2) is 20.6 Å². The Morgan fingerprint density at radius 3 is 1.94 bits per heavy atom. The molecular weight excluding hydrogens is 490 g/mol. The Morgan fingerprint density at radius 1 is 0.778 bits per heavy atom. The molecule has 2 atom stereocenters. The van der Waals surface area contributed by atoms with Gasteiger partial charge < -0.3 is 4.74 Å². The van der Waals surface area contributed by atoms with Crippen LogP contribution in [-0.2, 0) is 14.8 Å². The lowest BCUT2D eigenvalue weighted by molar-refractivity contribution is -0.112. The third kappa shape index (κ3) is 6.23. The topological polar surface area (TPSA) is 72.5 Å². The second-order valence-corrected chi connectivity index (χ2v) is 11.1. The van der Waals surface area contributed by atoms with Gasteiger partial charge in [-0.25, -0.2) is 13.1 Å². The predicted octanol–water partition coefficient (Wildman–Crippen LogP) is 6.13. The van der Waals surface area contributed by atoms with E-state index >= 15 is 0 Å². The first-order chi connectivity index (χ1) is 17.4. The van der Waals surface area contributed by atoms with Crippen LogP contribution in [0.1, 0.15) is 28.7 Å².